The van der Waals surface area contributed by atoms with Crippen LogP contribution < -0.4 is 11.2 Å². The highest BCUT2D eigenvalue weighted by atomic mass is 19.3. The number of amides is 1. The lowest BCUT2D eigenvalue weighted by atomic mass is 10.0. The molecule has 0 saturated heterocycles. The number of nitrogens with two attached hydrogens (primary N) is 1. The van der Waals surface area contributed by atoms with Crippen LogP contribution in [0.4, 0.5) is 13.2 Å². The second-order valence-corrected chi connectivity index (χ2v) is 6.32. The molecule has 1 aromatic carbocycles. The molecule has 0 radical (unpaired) electrons. The van der Waals surface area contributed by atoms with Crippen LogP contribution in [0.2, 0.25) is 0 Å². The Hall–Kier alpha value is -3.17. The Bertz CT molecular complexity index is 887. The molecule has 1 aliphatic rings. The number of carbonyl (C=O) groups excluding carboxylic acids is 1. The van der Waals surface area contributed by atoms with Gasteiger partial charge >= 0.3 is 11.8 Å². The fraction of sp³-hybridized carbons (Fsp3) is 0.333. The van der Waals surface area contributed by atoms with Gasteiger partial charge in [0.25, 0.3) is 0 Å². The predicted molar refractivity (Wildman–Crippen MR) is 100 cm³/mol. The van der Waals surface area contributed by atoms with Crippen LogP contribution in [0.25, 0.3) is 0 Å². The quantitative estimate of drug-likeness (QED) is 0.392. The Morgan fingerprint density at radius 2 is 2.00 bits per heavy atom. The highest BCUT2D eigenvalue weighted by Crippen LogP contribution is 2.22. The van der Waals surface area contributed by atoms with E-state index in [1.54, 1.807) is 37.5 Å². The van der Waals surface area contributed by atoms with E-state index >= 15 is 0 Å². The maximum atomic E-state index is 13.9. The number of rotatable bonds is 6. The fourth-order valence-electron chi connectivity index (χ4n) is 2.42. The van der Waals surface area contributed by atoms with Gasteiger partial charge in [0.2, 0.25) is 0 Å². The number of nitrogens with one attached hydrogen (secondary N) is 2. The zero-order chi connectivity index (χ0) is 21.1. The third kappa shape index (κ3) is 4.38. The molecule has 0 unspecified atom stereocenters. The summed E-state index contributed by atoms with van der Waals surface area (Å²) in [4.78, 5) is 11.5. The maximum Gasteiger partial charge on any atom is 0.326 e. The second-order valence-electron chi connectivity index (χ2n) is 6.32. The van der Waals surface area contributed by atoms with E-state index < -0.39 is 24.1 Å². The van der Waals surface area contributed by atoms with Crippen LogP contribution in [-0.2, 0) is 11.3 Å². The van der Waals surface area contributed by atoms with E-state index in [9.17, 15) is 18.0 Å². The second kappa shape index (κ2) is 8.24. The van der Waals surface area contributed by atoms with Crippen molar-refractivity contribution in [2.24, 2.45) is 15.9 Å². The number of hydrogen-bond donors (Lipinski definition) is 3. The number of benzene rings is 1. The SMILES string of the molecule is CCC(F)(F)C(=O)N/N=C(\N)C1=NN(Cc2ccccc2F)C(=N)C1=C(C)C. The zero-order valence-corrected chi connectivity index (χ0v) is 15.7. The molecule has 2 rings (SSSR count). The van der Waals surface area contributed by atoms with Crippen molar-refractivity contribution in [3.05, 3.63) is 46.8 Å². The van der Waals surface area contributed by atoms with E-state index in [0.29, 0.717) is 16.7 Å². The Labute approximate surface area is 160 Å². The molecule has 0 saturated carbocycles. The van der Waals surface area contributed by atoms with E-state index in [-0.39, 0.29) is 23.9 Å². The standard InChI is InChI=1S/C18H21F3N6O/c1-4-18(20,21)17(28)25-24-15(22)14-13(10(2)3)16(23)27(26-14)9-11-7-5-6-8-12(11)19/h5-8,23H,4,9H2,1-3H3,(H2,22,24)(H,25,28). The monoisotopic (exact) mass is 394 g/mol. The first-order valence-corrected chi connectivity index (χ1v) is 8.46. The van der Waals surface area contributed by atoms with Crippen molar-refractivity contribution in [3.63, 3.8) is 0 Å². The lowest BCUT2D eigenvalue weighted by molar-refractivity contribution is -0.145. The highest BCUT2D eigenvalue weighted by molar-refractivity contribution is 6.54. The third-order valence-corrected chi connectivity index (χ3v) is 4.03. The minimum absolute atomic E-state index is 0.0284. The summed E-state index contributed by atoms with van der Waals surface area (Å²) in [6, 6.07) is 6.05. The Kier molecular flexibility index (Phi) is 6.22. The number of hydrazone groups is 2. The Balaban J connectivity index is 2.31. The summed E-state index contributed by atoms with van der Waals surface area (Å²) in [5.74, 6) is -6.00. The molecule has 1 amide bonds. The summed E-state index contributed by atoms with van der Waals surface area (Å²) < 4.78 is 40.6. The highest BCUT2D eigenvalue weighted by Gasteiger charge is 2.37. The van der Waals surface area contributed by atoms with Crippen LogP contribution in [0.1, 0.15) is 32.8 Å². The molecule has 150 valence electrons. The van der Waals surface area contributed by atoms with E-state index in [1.165, 1.54) is 11.1 Å². The average molecular weight is 394 g/mol. The van der Waals surface area contributed by atoms with Crippen molar-refractivity contribution < 1.29 is 18.0 Å². The van der Waals surface area contributed by atoms with E-state index in [4.69, 9.17) is 11.1 Å². The molecule has 0 bridgehead atoms. The summed E-state index contributed by atoms with van der Waals surface area (Å²) >= 11 is 0. The van der Waals surface area contributed by atoms with Crippen molar-refractivity contribution >= 4 is 23.3 Å². The minimum atomic E-state index is -3.58. The zero-order valence-electron chi connectivity index (χ0n) is 15.7. The van der Waals surface area contributed by atoms with Gasteiger partial charge in [-0.05, 0) is 19.9 Å². The first kappa shape index (κ1) is 21.1. The van der Waals surface area contributed by atoms with Gasteiger partial charge in [-0.1, -0.05) is 30.7 Å². The predicted octanol–water partition coefficient (Wildman–Crippen LogP) is 2.74. The molecule has 1 heterocycles. The first-order chi connectivity index (χ1) is 13.1. The Morgan fingerprint density at radius 3 is 2.57 bits per heavy atom. The summed E-state index contributed by atoms with van der Waals surface area (Å²) in [6.07, 6.45) is -0.685. The molecule has 4 N–H and O–H groups in total. The van der Waals surface area contributed by atoms with Crippen molar-refractivity contribution in [2.45, 2.75) is 39.7 Å². The first-order valence-electron chi connectivity index (χ1n) is 8.46. The molecule has 1 aliphatic heterocycles. The van der Waals surface area contributed by atoms with Gasteiger partial charge < -0.3 is 5.73 Å². The van der Waals surface area contributed by atoms with Crippen LogP contribution >= 0.6 is 0 Å². The van der Waals surface area contributed by atoms with Crippen molar-refractivity contribution in [3.8, 4) is 0 Å². The van der Waals surface area contributed by atoms with Gasteiger partial charge in [-0.3, -0.25) is 10.2 Å². The number of halogens is 3. The van der Waals surface area contributed by atoms with Crippen LogP contribution in [0.3, 0.4) is 0 Å². The number of amidine groups is 2. The van der Waals surface area contributed by atoms with Gasteiger partial charge in [0.1, 0.15) is 11.5 Å². The molecule has 28 heavy (non-hydrogen) atoms. The molecule has 0 spiro atoms. The number of nitrogens with zero attached hydrogens (tertiary/aromatic N) is 3. The Morgan fingerprint density at radius 1 is 1.36 bits per heavy atom. The molecule has 0 atom stereocenters. The number of allylic oxidation sites excluding steroid dienone is 1. The van der Waals surface area contributed by atoms with Crippen LogP contribution in [0.5, 0.6) is 0 Å². The number of carbonyl (C=O) groups is 1. The van der Waals surface area contributed by atoms with Gasteiger partial charge in [0.15, 0.2) is 11.7 Å². The maximum absolute atomic E-state index is 13.9. The van der Waals surface area contributed by atoms with Gasteiger partial charge in [0, 0.05) is 17.6 Å². The van der Waals surface area contributed by atoms with Gasteiger partial charge in [0.05, 0.1) is 6.54 Å². The third-order valence-electron chi connectivity index (χ3n) is 4.03. The van der Waals surface area contributed by atoms with Gasteiger partial charge in [-0.15, -0.1) is 0 Å². The van der Waals surface area contributed by atoms with Crippen molar-refractivity contribution in [1.29, 1.82) is 5.41 Å². The topological polar surface area (TPSA) is 107 Å². The average Bonchev–Trinajstić information content (AvgIpc) is 2.97. The van der Waals surface area contributed by atoms with Crippen LogP contribution in [0, 0.1) is 11.2 Å². The summed E-state index contributed by atoms with van der Waals surface area (Å²) in [7, 11) is 0. The van der Waals surface area contributed by atoms with Crippen molar-refractivity contribution in [2.75, 3.05) is 0 Å². The summed E-state index contributed by atoms with van der Waals surface area (Å²) in [5, 5.41) is 17.2. The summed E-state index contributed by atoms with van der Waals surface area (Å²) in [5.41, 5.74) is 8.89. The number of alkyl halides is 2. The number of hydrogen-bond acceptors (Lipinski definition) is 4. The van der Waals surface area contributed by atoms with Crippen LogP contribution in [-0.4, -0.2) is 34.2 Å². The summed E-state index contributed by atoms with van der Waals surface area (Å²) in [6.45, 7) is 4.56. The minimum Gasteiger partial charge on any atom is -0.380 e. The molecule has 7 nitrogen and oxygen atoms in total. The van der Waals surface area contributed by atoms with E-state index in [1.807, 2.05) is 0 Å². The van der Waals surface area contributed by atoms with E-state index in [2.05, 4.69) is 10.2 Å². The lowest BCUT2D eigenvalue weighted by Crippen LogP contribution is -2.39. The molecular formula is C18H21F3N6O. The molecule has 1 aromatic rings. The lowest BCUT2D eigenvalue weighted by Gasteiger charge is -2.14. The molecule has 0 aromatic heterocycles. The molecule has 0 fully saturated rings. The van der Waals surface area contributed by atoms with E-state index in [0.717, 1.165) is 6.92 Å². The van der Waals surface area contributed by atoms with Gasteiger partial charge in [-0.2, -0.15) is 19.0 Å². The van der Waals surface area contributed by atoms with Crippen molar-refractivity contribution in [1.82, 2.24) is 10.4 Å². The fourth-order valence-corrected chi connectivity index (χ4v) is 2.42. The normalized spacial score (nSPS) is 15.0. The smallest absolute Gasteiger partial charge is 0.326 e. The largest absolute Gasteiger partial charge is 0.380 e. The molecular weight excluding hydrogens is 373 g/mol. The van der Waals surface area contributed by atoms with Crippen LogP contribution in [0.15, 0.2) is 45.6 Å². The molecule has 0 aliphatic carbocycles. The molecule has 10 heteroatoms. The van der Waals surface area contributed by atoms with Gasteiger partial charge in [-0.25, -0.2) is 14.8 Å².